The van der Waals surface area contributed by atoms with Crippen molar-refractivity contribution in [1.29, 1.82) is 0 Å². The molecular weight excluding hydrogens is 216 g/mol. The monoisotopic (exact) mass is 234 g/mol. The average Bonchev–Trinajstić information content (AvgIpc) is 2.53. The van der Waals surface area contributed by atoms with Gasteiger partial charge in [-0.05, 0) is 31.4 Å². The highest BCUT2D eigenvalue weighted by Crippen LogP contribution is 2.29. The molecule has 92 valence electrons. The zero-order valence-corrected chi connectivity index (χ0v) is 10.1. The molecule has 0 unspecified atom stereocenters. The van der Waals surface area contributed by atoms with Crippen molar-refractivity contribution in [3.8, 4) is 5.75 Å². The second-order valence-corrected chi connectivity index (χ2v) is 4.26. The van der Waals surface area contributed by atoms with Crippen LogP contribution in [0, 0.1) is 0 Å². The summed E-state index contributed by atoms with van der Waals surface area (Å²) in [6.45, 7) is 0.715. The second-order valence-electron chi connectivity index (χ2n) is 4.26. The summed E-state index contributed by atoms with van der Waals surface area (Å²) in [5, 5.41) is 0. The molecule has 1 fully saturated rings. The lowest BCUT2D eigenvalue weighted by Gasteiger charge is -2.24. The van der Waals surface area contributed by atoms with Gasteiger partial charge >= 0.3 is 0 Å². The first-order chi connectivity index (χ1) is 8.24. The Morgan fingerprint density at radius 1 is 1.35 bits per heavy atom. The SMILES string of the molecule is COc1ccccc1N1CCCC[C@H](N)C1=O. The van der Waals surface area contributed by atoms with Gasteiger partial charge in [0.15, 0.2) is 0 Å². The van der Waals surface area contributed by atoms with Gasteiger partial charge in [-0.15, -0.1) is 0 Å². The van der Waals surface area contributed by atoms with Gasteiger partial charge in [0.25, 0.3) is 0 Å². The lowest BCUT2D eigenvalue weighted by molar-refractivity contribution is -0.119. The van der Waals surface area contributed by atoms with Crippen LogP contribution in [0.1, 0.15) is 19.3 Å². The van der Waals surface area contributed by atoms with Crippen molar-refractivity contribution >= 4 is 11.6 Å². The van der Waals surface area contributed by atoms with Crippen LogP contribution < -0.4 is 15.4 Å². The highest BCUT2D eigenvalue weighted by atomic mass is 16.5. The molecule has 4 nitrogen and oxygen atoms in total. The van der Waals surface area contributed by atoms with Crippen LogP contribution in [0.2, 0.25) is 0 Å². The molecule has 4 heteroatoms. The minimum Gasteiger partial charge on any atom is -0.495 e. The summed E-state index contributed by atoms with van der Waals surface area (Å²) < 4.78 is 5.29. The van der Waals surface area contributed by atoms with E-state index in [1.807, 2.05) is 24.3 Å². The number of ether oxygens (including phenoxy) is 1. The number of hydrogen-bond donors (Lipinski definition) is 1. The fourth-order valence-corrected chi connectivity index (χ4v) is 2.16. The third-order valence-electron chi connectivity index (χ3n) is 3.11. The maximum Gasteiger partial charge on any atom is 0.244 e. The quantitative estimate of drug-likeness (QED) is 0.844. The van der Waals surface area contributed by atoms with Crippen molar-refractivity contribution in [2.45, 2.75) is 25.3 Å². The van der Waals surface area contributed by atoms with Crippen LogP contribution in [0.25, 0.3) is 0 Å². The molecule has 2 N–H and O–H groups in total. The minimum absolute atomic E-state index is 0.00741. The number of anilines is 1. The molecule has 1 amide bonds. The molecule has 17 heavy (non-hydrogen) atoms. The van der Waals surface area contributed by atoms with Gasteiger partial charge in [-0.3, -0.25) is 4.79 Å². The molecule has 1 aliphatic heterocycles. The van der Waals surface area contributed by atoms with Crippen LogP contribution >= 0.6 is 0 Å². The molecule has 0 aliphatic carbocycles. The van der Waals surface area contributed by atoms with E-state index in [0.717, 1.165) is 30.7 Å². The van der Waals surface area contributed by atoms with Crippen LogP contribution in [0.4, 0.5) is 5.69 Å². The molecular formula is C13H18N2O2. The zero-order valence-electron chi connectivity index (χ0n) is 10.1. The Bertz CT molecular complexity index is 406. The van der Waals surface area contributed by atoms with Gasteiger partial charge in [-0.1, -0.05) is 12.1 Å². The van der Waals surface area contributed by atoms with E-state index >= 15 is 0 Å². The summed E-state index contributed by atoms with van der Waals surface area (Å²) in [5.74, 6) is 0.710. The highest BCUT2D eigenvalue weighted by molar-refractivity contribution is 5.98. The van der Waals surface area contributed by atoms with Crippen molar-refractivity contribution in [2.75, 3.05) is 18.6 Å². The van der Waals surface area contributed by atoms with Crippen LogP contribution in [0.3, 0.4) is 0 Å². The van der Waals surface area contributed by atoms with Gasteiger partial charge < -0.3 is 15.4 Å². The third-order valence-corrected chi connectivity index (χ3v) is 3.11. The fraction of sp³-hybridized carbons (Fsp3) is 0.462. The van der Waals surface area contributed by atoms with Crippen LogP contribution in [0.5, 0.6) is 5.75 Å². The topological polar surface area (TPSA) is 55.6 Å². The summed E-state index contributed by atoms with van der Waals surface area (Å²) in [5.41, 5.74) is 6.68. The van der Waals surface area contributed by atoms with Gasteiger partial charge in [0.05, 0.1) is 18.8 Å². The largest absolute Gasteiger partial charge is 0.495 e. The summed E-state index contributed by atoms with van der Waals surface area (Å²) >= 11 is 0. The Hall–Kier alpha value is -1.55. The summed E-state index contributed by atoms with van der Waals surface area (Å²) in [4.78, 5) is 13.9. The number of benzene rings is 1. The number of carbonyl (C=O) groups is 1. The lowest BCUT2D eigenvalue weighted by atomic mass is 10.1. The minimum atomic E-state index is -0.387. The summed E-state index contributed by atoms with van der Waals surface area (Å²) in [6.07, 6.45) is 2.75. The Balaban J connectivity index is 2.33. The first-order valence-electron chi connectivity index (χ1n) is 5.94. The normalized spacial score (nSPS) is 21.2. The van der Waals surface area contributed by atoms with Gasteiger partial charge in [-0.2, -0.15) is 0 Å². The zero-order chi connectivity index (χ0) is 12.3. The van der Waals surface area contributed by atoms with Crippen molar-refractivity contribution in [3.63, 3.8) is 0 Å². The fourth-order valence-electron chi connectivity index (χ4n) is 2.16. The predicted octanol–water partition coefficient (Wildman–Crippen LogP) is 1.54. The Labute approximate surface area is 101 Å². The molecule has 1 aliphatic rings. The number of para-hydroxylation sites is 2. The third kappa shape index (κ3) is 2.42. The van der Waals surface area contributed by atoms with Crippen molar-refractivity contribution in [3.05, 3.63) is 24.3 Å². The van der Waals surface area contributed by atoms with Gasteiger partial charge in [0.1, 0.15) is 5.75 Å². The average molecular weight is 234 g/mol. The predicted molar refractivity (Wildman–Crippen MR) is 67.2 cm³/mol. The second kappa shape index (κ2) is 5.19. The van der Waals surface area contributed by atoms with E-state index in [-0.39, 0.29) is 11.9 Å². The number of hydrogen-bond acceptors (Lipinski definition) is 3. The molecule has 0 bridgehead atoms. The number of carbonyl (C=O) groups excluding carboxylic acids is 1. The van der Waals surface area contributed by atoms with Crippen molar-refractivity contribution < 1.29 is 9.53 Å². The van der Waals surface area contributed by atoms with E-state index < -0.39 is 0 Å². The van der Waals surface area contributed by atoms with E-state index in [1.165, 1.54) is 0 Å². The first-order valence-corrected chi connectivity index (χ1v) is 5.94. The standard InChI is InChI=1S/C13H18N2O2/c1-17-12-8-3-2-7-11(12)15-9-5-4-6-10(14)13(15)16/h2-3,7-8,10H,4-6,9,14H2,1H3/t10-/m0/s1. The van der Waals surface area contributed by atoms with Crippen molar-refractivity contribution in [2.24, 2.45) is 5.73 Å². The van der Waals surface area contributed by atoms with E-state index in [2.05, 4.69) is 0 Å². The molecule has 0 radical (unpaired) electrons. The van der Waals surface area contributed by atoms with E-state index in [4.69, 9.17) is 10.5 Å². The van der Waals surface area contributed by atoms with E-state index in [0.29, 0.717) is 6.54 Å². The number of amides is 1. The van der Waals surface area contributed by atoms with E-state index in [9.17, 15) is 4.79 Å². The van der Waals surface area contributed by atoms with Crippen LogP contribution in [-0.2, 0) is 4.79 Å². The van der Waals surface area contributed by atoms with Gasteiger partial charge in [0.2, 0.25) is 5.91 Å². The Kier molecular flexibility index (Phi) is 3.64. The van der Waals surface area contributed by atoms with Gasteiger partial charge in [0, 0.05) is 6.54 Å². The molecule has 1 atom stereocenters. The maximum absolute atomic E-state index is 12.2. The number of nitrogens with zero attached hydrogens (tertiary/aromatic N) is 1. The molecule has 0 spiro atoms. The smallest absolute Gasteiger partial charge is 0.244 e. The molecule has 1 aromatic rings. The number of methoxy groups -OCH3 is 1. The summed E-state index contributed by atoms with van der Waals surface area (Å²) in [7, 11) is 1.61. The van der Waals surface area contributed by atoms with Crippen LogP contribution in [0.15, 0.2) is 24.3 Å². The Morgan fingerprint density at radius 3 is 2.88 bits per heavy atom. The molecule has 1 saturated heterocycles. The highest BCUT2D eigenvalue weighted by Gasteiger charge is 2.26. The van der Waals surface area contributed by atoms with Crippen LogP contribution in [-0.4, -0.2) is 25.6 Å². The molecule has 2 rings (SSSR count). The molecule has 0 aromatic heterocycles. The number of nitrogens with two attached hydrogens (primary N) is 1. The van der Waals surface area contributed by atoms with Crippen molar-refractivity contribution in [1.82, 2.24) is 0 Å². The lowest BCUT2D eigenvalue weighted by Crippen LogP contribution is -2.42. The summed E-state index contributed by atoms with van der Waals surface area (Å²) in [6, 6.07) is 7.17. The first kappa shape index (κ1) is 11.9. The maximum atomic E-state index is 12.2. The molecule has 1 aromatic carbocycles. The number of rotatable bonds is 2. The van der Waals surface area contributed by atoms with Gasteiger partial charge in [-0.25, -0.2) is 0 Å². The molecule has 1 heterocycles. The van der Waals surface area contributed by atoms with E-state index in [1.54, 1.807) is 12.0 Å². The molecule has 0 saturated carbocycles. The Morgan fingerprint density at radius 2 is 2.12 bits per heavy atom.